The standard InChI is InChI=1S/C15H17ClN2O2S/c1-15(2,3)20-14(19)9-18-13(21)8-12(17-18)10-4-6-11(16)7-5-10/h4-8,17H,9H2,1-3H3. The summed E-state index contributed by atoms with van der Waals surface area (Å²) in [5.41, 5.74) is 1.28. The van der Waals surface area contributed by atoms with Crippen molar-refractivity contribution < 1.29 is 9.53 Å². The van der Waals surface area contributed by atoms with Crippen LogP contribution in [-0.2, 0) is 16.1 Å². The summed E-state index contributed by atoms with van der Waals surface area (Å²) in [7, 11) is 0. The summed E-state index contributed by atoms with van der Waals surface area (Å²) in [6.45, 7) is 5.55. The molecule has 0 aliphatic carbocycles. The van der Waals surface area contributed by atoms with Crippen molar-refractivity contribution in [2.75, 3.05) is 0 Å². The highest BCUT2D eigenvalue weighted by atomic mass is 35.5. The van der Waals surface area contributed by atoms with Gasteiger partial charge in [-0.3, -0.25) is 14.6 Å². The van der Waals surface area contributed by atoms with Crippen molar-refractivity contribution in [3.8, 4) is 11.3 Å². The highest BCUT2D eigenvalue weighted by Gasteiger charge is 2.17. The Labute approximate surface area is 133 Å². The number of benzene rings is 1. The maximum absolute atomic E-state index is 11.8. The number of esters is 1. The van der Waals surface area contributed by atoms with E-state index in [1.807, 2.05) is 39.0 Å². The first-order chi connectivity index (χ1) is 9.74. The van der Waals surface area contributed by atoms with Crippen LogP contribution in [0.2, 0.25) is 5.02 Å². The van der Waals surface area contributed by atoms with Crippen LogP contribution in [0.25, 0.3) is 11.3 Å². The van der Waals surface area contributed by atoms with Gasteiger partial charge in [-0.1, -0.05) is 36.0 Å². The number of aromatic nitrogens is 2. The van der Waals surface area contributed by atoms with Gasteiger partial charge < -0.3 is 4.74 Å². The van der Waals surface area contributed by atoms with E-state index in [1.165, 1.54) is 0 Å². The third kappa shape index (κ3) is 4.44. The third-order valence-electron chi connectivity index (χ3n) is 2.65. The lowest BCUT2D eigenvalue weighted by atomic mass is 10.2. The van der Waals surface area contributed by atoms with Crippen molar-refractivity contribution in [1.29, 1.82) is 0 Å². The summed E-state index contributed by atoms with van der Waals surface area (Å²) in [5, 5.41) is 3.77. The molecular formula is C15H17ClN2O2S. The Morgan fingerprint density at radius 3 is 2.52 bits per heavy atom. The van der Waals surface area contributed by atoms with Crippen molar-refractivity contribution in [3.63, 3.8) is 0 Å². The van der Waals surface area contributed by atoms with E-state index in [-0.39, 0.29) is 12.5 Å². The first kappa shape index (κ1) is 15.8. The number of nitrogens with one attached hydrogen (secondary N) is 1. The van der Waals surface area contributed by atoms with Gasteiger partial charge in [0.25, 0.3) is 0 Å². The van der Waals surface area contributed by atoms with E-state index in [0.29, 0.717) is 9.66 Å². The van der Waals surface area contributed by atoms with Gasteiger partial charge in [-0.15, -0.1) is 0 Å². The number of nitrogens with zero attached hydrogens (tertiary/aromatic N) is 1. The lowest BCUT2D eigenvalue weighted by Crippen LogP contribution is -2.26. The Morgan fingerprint density at radius 1 is 1.33 bits per heavy atom. The molecule has 0 fully saturated rings. The van der Waals surface area contributed by atoms with E-state index in [1.54, 1.807) is 16.8 Å². The minimum Gasteiger partial charge on any atom is -0.459 e. The first-order valence-corrected chi connectivity index (χ1v) is 7.31. The van der Waals surface area contributed by atoms with Gasteiger partial charge in [0, 0.05) is 5.02 Å². The zero-order valence-corrected chi connectivity index (χ0v) is 13.7. The number of ether oxygens (including phenoxy) is 1. The minimum absolute atomic E-state index is 0.0592. The second-order valence-electron chi connectivity index (χ2n) is 5.69. The van der Waals surface area contributed by atoms with Gasteiger partial charge in [0.1, 0.15) is 16.8 Å². The summed E-state index contributed by atoms with van der Waals surface area (Å²) in [6.07, 6.45) is 0. The largest absolute Gasteiger partial charge is 0.459 e. The van der Waals surface area contributed by atoms with E-state index >= 15 is 0 Å². The number of halogens is 1. The van der Waals surface area contributed by atoms with Crippen LogP contribution in [0.5, 0.6) is 0 Å². The lowest BCUT2D eigenvalue weighted by molar-refractivity contribution is -0.155. The Hall–Kier alpha value is -1.59. The van der Waals surface area contributed by atoms with Gasteiger partial charge in [-0.2, -0.15) is 0 Å². The van der Waals surface area contributed by atoms with E-state index in [4.69, 9.17) is 28.6 Å². The molecule has 6 heteroatoms. The smallest absolute Gasteiger partial charge is 0.328 e. The number of aromatic amines is 1. The van der Waals surface area contributed by atoms with Gasteiger partial charge in [0.15, 0.2) is 0 Å². The van der Waals surface area contributed by atoms with Crippen LogP contribution < -0.4 is 0 Å². The molecule has 0 radical (unpaired) electrons. The summed E-state index contributed by atoms with van der Waals surface area (Å²) in [4.78, 5) is 11.8. The number of hydrogen-bond donors (Lipinski definition) is 1. The highest BCUT2D eigenvalue weighted by Crippen LogP contribution is 2.20. The molecule has 0 spiro atoms. The average molecular weight is 325 g/mol. The first-order valence-electron chi connectivity index (χ1n) is 6.52. The van der Waals surface area contributed by atoms with E-state index in [9.17, 15) is 4.79 Å². The Balaban J connectivity index is 2.18. The van der Waals surface area contributed by atoms with Crippen molar-refractivity contribution in [1.82, 2.24) is 9.78 Å². The SMILES string of the molecule is CC(C)(C)OC(=O)Cn1[nH]c(-c2ccc(Cl)cc2)cc1=S. The maximum atomic E-state index is 11.8. The highest BCUT2D eigenvalue weighted by molar-refractivity contribution is 7.71. The van der Waals surface area contributed by atoms with Crippen LogP contribution in [0.4, 0.5) is 0 Å². The number of H-pyrrole nitrogens is 1. The number of rotatable bonds is 3. The molecule has 1 aromatic carbocycles. The third-order valence-corrected chi connectivity index (χ3v) is 3.24. The van der Waals surface area contributed by atoms with E-state index in [0.717, 1.165) is 11.3 Å². The molecule has 2 rings (SSSR count). The number of carbonyl (C=O) groups is 1. The molecule has 0 unspecified atom stereocenters. The second-order valence-corrected chi connectivity index (χ2v) is 6.54. The molecular weight excluding hydrogens is 308 g/mol. The fourth-order valence-electron chi connectivity index (χ4n) is 1.83. The van der Waals surface area contributed by atoms with Gasteiger partial charge >= 0.3 is 5.97 Å². The predicted molar refractivity (Wildman–Crippen MR) is 85.9 cm³/mol. The molecule has 4 nitrogen and oxygen atoms in total. The van der Waals surface area contributed by atoms with Crippen LogP contribution in [0.1, 0.15) is 20.8 Å². The van der Waals surface area contributed by atoms with Crippen LogP contribution >= 0.6 is 23.8 Å². The summed E-state index contributed by atoms with van der Waals surface area (Å²) < 4.78 is 7.42. The maximum Gasteiger partial charge on any atom is 0.328 e. The zero-order chi connectivity index (χ0) is 15.6. The van der Waals surface area contributed by atoms with Gasteiger partial charge in [-0.05, 0) is 44.5 Å². The summed E-state index contributed by atoms with van der Waals surface area (Å²) in [6, 6.07) is 9.20. The molecule has 2 aromatic rings. The lowest BCUT2D eigenvalue weighted by Gasteiger charge is -2.19. The van der Waals surface area contributed by atoms with Gasteiger partial charge in [0.2, 0.25) is 0 Å². The monoisotopic (exact) mass is 324 g/mol. The van der Waals surface area contributed by atoms with Crippen LogP contribution in [0.15, 0.2) is 30.3 Å². The van der Waals surface area contributed by atoms with E-state index < -0.39 is 5.60 Å². The second kappa shape index (κ2) is 6.03. The molecule has 1 heterocycles. The van der Waals surface area contributed by atoms with Crippen molar-refractivity contribution >= 4 is 29.8 Å². The Bertz CT molecular complexity index is 696. The normalized spacial score (nSPS) is 11.4. The topological polar surface area (TPSA) is 47.0 Å². The fourth-order valence-corrected chi connectivity index (χ4v) is 2.19. The molecule has 0 aliphatic heterocycles. The van der Waals surface area contributed by atoms with Crippen LogP contribution in [0, 0.1) is 4.64 Å². The van der Waals surface area contributed by atoms with Crippen LogP contribution in [-0.4, -0.2) is 21.4 Å². The quantitative estimate of drug-likeness (QED) is 0.679. The molecule has 21 heavy (non-hydrogen) atoms. The summed E-state index contributed by atoms with van der Waals surface area (Å²) >= 11 is 11.1. The molecule has 0 aliphatic rings. The molecule has 0 saturated carbocycles. The minimum atomic E-state index is -0.509. The molecule has 0 bridgehead atoms. The molecule has 1 N–H and O–H groups in total. The Morgan fingerprint density at radius 2 is 1.95 bits per heavy atom. The van der Waals surface area contributed by atoms with Crippen molar-refractivity contribution in [2.24, 2.45) is 0 Å². The molecule has 0 atom stereocenters. The average Bonchev–Trinajstić information content (AvgIpc) is 2.69. The molecule has 1 aromatic heterocycles. The van der Waals surface area contributed by atoms with Crippen molar-refractivity contribution in [2.45, 2.75) is 32.9 Å². The molecule has 112 valence electrons. The van der Waals surface area contributed by atoms with E-state index in [2.05, 4.69) is 5.10 Å². The van der Waals surface area contributed by atoms with Gasteiger partial charge in [-0.25, -0.2) is 0 Å². The molecule has 0 amide bonds. The fraction of sp³-hybridized carbons (Fsp3) is 0.333. The molecule has 0 saturated heterocycles. The zero-order valence-electron chi connectivity index (χ0n) is 12.1. The van der Waals surface area contributed by atoms with Crippen molar-refractivity contribution in [3.05, 3.63) is 40.0 Å². The van der Waals surface area contributed by atoms with Crippen LogP contribution in [0.3, 0.4) is 0 Å². The number of hydrogen-bond acceptors (Lipinski definition) is 3. The number of carbonyl (C=O) groups excluding carboxylic acids is 1. The van der Waals surface area contributed by atoms with Gasteiger partial charge in [0.05, 0.1) is 5.69 Å². The predicted octanol–water partition coefficient (Wildman–Crippen LogP) is 4.21. The summed E-state index contributed by atoms with van der Waals surface area (Å²) in [5.74, 6) is -0.330. The Kier molecular flexibility index (Phi) is 4.54.